The van der Waals surface area contributed by atoms with Gasteiger partial charge < -0.3 is 16.5 Å². The quantitative estimate of drug-likeness (QED) is 0.652. The number of halogens is 1. The molecule has 0 bridgehead atoms. The molecule has 1 aliphatic rings. The monoisotopic (exact) mass is 396 g/mol. The molecule has 1 unspecified atom stereocenters. The Balaban J connectivity index is 2.22. The molecule has 0 saturated carbocycles. The number of likely N-dealkylation sites (N-methyl/N-ethyl adjacent to an activating group) is 1. The maximum absolute atomic E-state index is 13.2. The van der Waals surface area contributed by atoms with Crippen LogP contribution in [-0.2, 0) is 10.3 Å². The van der Waals surface area contributed by atoms with Crippen LogP contribution in [0.1, 0.15) is 12.5 Å². The Hall–Kier alpha value is -3.19. The summed E-state index contributed by atoms with van der Waals surface area (Å²) >= 11 is 6.07. The summed E-state index contributed by atoms with van der Waals surface area (Å²) in [6.07, 6.45) is 6.02. The number of nitrogens with two attached hydrogens (primary N) is 1. The number of rotatable bonds is 6. The minimum Gasteiger partial charge on any atom is -0.391 e. The van der Waals surface area contributed by atoms with Gasteiger partial charge >= 0.3 is 0 Å². The topological polar surface area (TPSA) is 107 Å². The van der Waals surface area contributed by atoms with Crippen LogP contribution in [-0.4, -0.2) is 41.6 Å². The second kappa shape index (κ2) is 7.82. The van der Waals surface area contributed by atoms with E-state index in [9.17, 15) is 4.79 Å². The molecule has 7 nitrogen and oxygen atoms in total. The van der Waals surface area contributed by atoms with Gasteiger partial charge in [-0.15, -0.1) is 0 Å². The minimum absolute atomic E-state index is 0.101. The number of amides is 1. The number of carbonyl (C=O) groups is 1. The van der Waals surface area contributed by atoms with Gasteiger partial charge in [0, 0.05) is 49.5 Å². The number of nitrogens with zero attached hydrogens (tertiary/aromatic N) is 3. The highest BCUT2D eigenvalue weighted by atomic mass is 35.5. The van der Waals surface area contributed by atoms with Crippen LogP contribution in [0.3, 0.4) is 0 Å². The maximum Gasteiger partial charge on any atom is 0.266 e. The van der Waals surface area contributed by atoms with Crippen LogP contribution in [0.4, 0.5) is 0 Å². The average Bonchev–Trinajstić information content (AvgIpc) is 2.94. The van der Waals surface area contributed by atoms with Crippen molar-refractivity contribution >= 4 is 29.7 Å². The molecule has 0 fully saturated rings. The van der Waals surface area contributed by atoms with E-state index in [0.29, 0.717) is 22.7 Å². The normalized spacial score (nSPS) is 19.5. The van der Waals surface area contributed by atoms with Crippen LogP contribution < -0.4 is 11.1 Å². The Morgan fingerprint density at radius 1 is 1.36 bits per heavy atom. The zero-order chi connectivity index (χ0) is 20.3. The van der Waals surface area contributed by atoms with E-state index in [1.165, 1.54) is 4.90 Å². The number of guanidine groups is 1. The number of aliphatic imine (C=N–C) groups is 1. The van der Waals surface area contributed by atoms with Gasteiger partial charge in [0.15, 0.2) is 11.5 Å². The molecule has 2 aromatic rings. The van der Waals surface area contributed by atoms with Gasteiger partial charge in [-0.1, -0.05) is 29.8 Å². The minimum atomic E-state index is -1.43. The summed E-state index contributed by atoms with van der Waals surface area (Å²) in [6.45, 7) is 2.57. The molecular formula is C20H21ClN6O. The molecule has 1 aromatic heterocycles. The Morgan fingerprint density at radius 3 is 2.75 bits per heavy atom. The molecule has 0 saturated heterocycles. The van der Waals surface area contributed by atoms with Crippen LogP contribution in [0.5, 0.6) is 0 Å². The van der Waals surface area contributed by atoms with Gasteiger partial charge in [-0.05, 0) is 30.2 Å². The van der Waals surface area contributed by atoms with Crippen LogP contribution >= 0.6 is 11.6 Å². The van der Waals surface area contributed by atoms with Crippen molar-refractivity contribution in [3.05, 3.63) is 65.1 Å². The van der Waals surface area contributed by atoms with Crippen LogP contribution in [0.25, 0.3) is 11.1 Å². The van der Waals surface area contributed by atoms with Crippen molar-refractivity contribution in [2.24, 2.45) is 10.7 Å². The van der Waals surface area contributed by atoms with Crippen LogP contribution in [0.15, 0.2) is 59.5 Å². The largest absolute Gasteiger partial charge is 0.391 e. The molecule has 3 rings (SSSR count). The molecule has 4 N–H and O–H groups in total. The molecule has 1 aliphatic heterocycles. The van der Waals surface area contributed by atoms with E-state index >= 15 is 0 Å². The Bertz CT molecular complexity index is 986. The molecule has 2 heterocycles. The Labute approximate surface area is 168 Å². The number of hydrogen-bond donors (Lipinski definition) is 3. The van der Waals surface area contributed by atoms with Crippen molar-refractivity contribution in [3.8, 4) is 11.1 Å². The van der Waals surface area contributed by atoms with E-state index in [1.54, 1.807) is 37.8 Å². The standard InChI is InChI=1S/C20H21ClN6O/c1-3-24-11-16(9-22)20(18(28)27(2)19(23)26-20)15-6-4-5-13(7-15)14-8-17(21)12-25-10-14/h4-12,22,24H,3H2,1-2H3,(H2,23,26)/b16-11+,22-9?. The Kier molecular flexibility index (Phi) is 5.46. The molecule has 1 amide bonds. The highest BCUT2D eigenvalue weighted by Crippen LogP contribution is 2.39. The third-order valence-corrected chi connectivity index (χ3v) is 4.80. The van der Waals surface area contributed by atoms with Gasteiger partial charge in [0.2, 0.25) is 0 Å². The van der Waals surface area contributed by atoms with Gasteiger partial charge in [0.25, 0.3) is 5.91 Å². The van der Waals surface area contributed by atoms with Crippen molar-refractivity contribution in [3.63, 3.8) is 0 Å². The summed E-state index contributed by atoms with van der Waals surface area (Å²) in [7, 11) is 1.57. The van der Waals surface area contributed by atoms with E-state index in [1.807, 2.05) is 25.1 Å². The number of aromatic nitrogens is 1. The molecule has 144 valence electrons. The van der Waals surface area contributed by atoms with Gasteiger partial charge in [0.1, 0.15) is 0 Å². The predicted molar refractivity (Wildman–Crippen MR) is 111 cm³/mol. The van der Waals surface area contributed by atoms with Gasteiger partial charge in [-0.3, -0.25) is 14.7 Å². The molecule has 1 atom stereocenters. The molecule has 28 heavy (non-hydrogen) atoms. The van der Waals surface area contributed by atoms with Crippen molar-refractivity contribution in [2.75, 3.05) is 13.6 Å². The lowest BCUT2D eigenvalue weighted by molar-refractivity contribution is -0.129. The predicted octanol–water partition coefficient (Wildman–Crippen LogP) is 2.53. The van der Waals surface area contributed by atoms with E-state index in [0.717, 1.165) is 17.3 Å². The second-order valence-corrected chi connectivity index (χ2v) is 6.76. The lowest BCUT2D eigenvalue weighted by Crippen LogP contribution is -2.42. The SMILES string of the molecule is CCN/C=C(\C=N)C1(c2cccc(-c3cncc(Cl)c3)c2)N=C(N)N(C)C1=O. The molecule has 0 aliphatic carbocycles. The van der Waals surface area contributed by atoms with Gasteiger partial charge in [-0.2, -0.15) is 0 Å². The number of pyridine rings is 1. The van der Waals surface area contributed by atoms with Gasteiger partial charge in [-0.25, -0.2) is 4.99 Å². The van der Waals surface area contributed by atoms with Crippen LogP contribution in [0, 0.1) is 5.41 Å². The zero-order valence-corrected chi connectivity index (χ0v) is 16.4. The fourth-order valence-electron chi connectivity index (χ4n) is 3.14. The van der Waals surface area contributed by atoms with Crippen molar-refractivity contribution in [1.29, 1.82) is 5.41 Å². The molecule has 1 aromatic carbocycles. The summed E-state index contributed by atoms with van der Waals surface area (Å²) < 4.78 is 0. The Morgan fingerprint density at radius 2 is 2.14 bits per heavy atom. The fraction of sp³-hybridized carbons (Fsp3) is 0.200. The summed E-state index contributed by atoms with van der Waals surface area (Å²) in [5, 5.41) is 11.5. The van der Waals surface area contributed by atoms with E-state index in [-0.39, 0.29) is 11.9 Å². The van der Waals surface area contributed by atoms with Crippen molar-refractivity contribution in [1.82, 2.24) is 15.2 Å². The molecule has 0 radical (unpaired) electrons. The van der Waals surface area contributed by atoms with E-state index in [4.69, 9.17) is 22.7 Å². The summed E-state index contributed by atoms with van der Waals surface area (Å²) in [5.74, 6) is -0.219. The first-order valence-corrected chi connectivity index (χ1v) is 9.11. The highest BCUT2D eigenvalue weighted by molar-refractivity contribution is 6.30. The third kappa shape index (κ3) is 3.25. The number of hydrogen-bond acceptors (Lipinski definition) is 6. The number of benzene rings is 1. The molecule has 8 heteroatoms. The highest BCUT2D eigenvalue weighted by Gasteiger charge is 2.50. The average molecular weight is 397 g/mol. The first-order chi connectivity index (χ1) is 13.4. The smallest absolute Gasteiger partial charge is 0.266 e. The second-order valence-electron chi connectivity index (χ2n) is 6.32. The zero-order valence-electron chi connectivity index (χ0n) is 15.6. The third-order valence-electron chi connectivity index (χ3n) is 4.59. The molecular weight excluding hydrogens is 376 g/mol. The van der Waals surface area contributed by atoms with Crippen molar-refractivity contribution < 1.29 is 4.79 Å². The van der Waals surface area contributed by atoms with Gasteiger partial charge in [0.05, 0.1) is 5.02 Å². The first-order valence-electron chi connectivity index (χ1n) is 8.73. The van der Waals surface area contributed by atoms with Crippen LogP contribution in [0.2, 0.25) is 5.02 Å². The van der Waals surface area contributed by atoms with E-state index in [2.05, 4.69) is 15.3 Å². The number of carbonyl (C=O) groups excluding carboxylic acids is 1. The summed E-state index contributed by atoms with van der Waals surface area (Å²) in [4.78, 5) is 23.2. The van der Waals surface area contributed by atoms with Crippen molar-refractivity contribution in [2.45, 2.75) is 12.5 Å². The number of nitrogens with one attached hydrogen (secondary N) is 2. The maximum atomic E-state index is 13.2. The summed E-state index contributed by atoms with van der Waals surface area (Å²) in [5.41, 5.74) is 7.20. The van der Waals surface area contributed by atoms with E-state index < -0.39 is 5.54 Å². The summed E-state index contributed by atoms with van der Waals surface area (Å²) in [6, 6.07) is 9.19. The molecule has 0 spiro atoms. The lowest BCUT2D eigenvalue weighted by atomic mass is 9.82. The lowest BCUT2D eigenvalue weighted by Gasteiger charge is -2.27. The first kappa shape index (κ1) is 19.6. The fourth-order valence-corrected chi connectivity index (χ4v) is 3.31.